The lowest BCUT2D eigenvalue weighted by Gasteiger charge is -2.37. The Morgan fingerprint density at radius 3 is 2.79 bits per heavy atom. The number of nitrogens with one attached hydrogen (secondary N) is 1. The van der Waals surface area contributed by atoms with Crippen LogP contribution in [0, 0.1) is 5.92 Å². The summed E-state index contributed by atoms with van der Waals surface area (Å²) in [6.45, 7) is 5.15. The average Bonchev–Trinajstić information content (AvgIpc) is 3.06. The molecule has 3 rings (SSSR count). The van der Waals surface area contributed by atoms with Gasteiger partial charge < -0.3 is 20.3 Å². The second kappa shape index (κ2) is 7.94. The van der Waals surface area contributed by atoms with E-state index in [4.69, 9.17) is 10.5 Å². The van der Waals surface area contributed by atoms with E-state index in [1.807, 2.05) is 4.90 Å². The number of nitrogen functional groups attached to an aromatic ring is 1. The van der Waals surface area contributed by atoms with Crippen molar-refractivity contribution >= 4 is 11.9 Å². The standard InChI is InChI=1S/C16H28N6O2/c1-24-10-9-21-6-2-3-13(11-21)15(23)22-7-4-12(5-8-22)14-18-16(17)20-19-14/h12-13H,2-11H2,1H3,(H3,17,18,19,20). The van der Waals surface area contributed by atoms with Gasteiger partial charge in [-0.3, -0.25) is 9.89 Å². The number of anilines is 1. The van der Waals surface area contributed by atoms with Crippen LogP contribution in [0.3, 0.4) is 0 Å². The lowest BCUT2D eigenvalue weighted by Crippen LogP contribution is -2.47. The van der Waals surface area contributed by atoms with Crippen molar-refractivity contribution in [2.75, 3.05) is 52.2 Å². The van der Waals surface area contributed by atoms with Gasteiger partial charge in [-0.1, -0.05) is 0 Å². The van der Waals surface area contributed by atoms with Crippen LogP contribution >= 0.6 is 0 Å². The Kier molecular flexibility index (Phi) is 5.68. The number of H-pyrrole nitrogens is 1. The molecule has 1 atom stereocenters. The third kappa shape index (κ3) is 4.05. The second-order valence-corrected chi connectivity index (χ2v) is 6.81. The predicted octanol–water partition coefficient (Wildman–Crippen LogP) is 0.451. The normalized spacial score (nSPS) is 23.5. The molecule has 0 spiro atoms. The summed E-state index contributed by atoms with van der Waals surface area (Å²) in [7, 11) is 1.72. The van der Waals surface area contributed by atoms with Crippen LogP contribution in [0.15, 0.2) is 0 Å². The number of methoxy groups -OCH3 is 1. The van der Waals surface area contributed by atoms with Crippen molar-refractivity contribution in [2.45, 2.75) is 31.6 Å². The van der Waals surface area contributed by atoms with E-state index in [-0.39, 0.29) is 5.92 Å². The minimum Gasteiger partial charge on any atom is -0.383 e. The molecule has 2 aliphatic rings. The van der Waals surface area contributed by atoms with E-state index >= 15 is 0 Å². The molecule has 1 aromatic rings. The van der Waals surface area contributed by atoms with Gasteiger partial charge in [0.25, 0.3) is 0 Å². The highest BCUT2D eigenvalue weighted by Gasteiger charge is 2.32. The molecule has 2 aliphatic heterocycles. The molecule has 8 heteroatoms. The van der Waals surface area contributed by atoms with Crippen molar-refractivity contribution in [3.63, 3.8) is 0 Å². The molecule has 3 heterocycles. The van der Waals surface area contributed by atoms with Crippen LogP contribution in [0.1, 0.15) is 37.4 Å². The van der Waals surface area contributed by atoms with Gasteiger partial charge in [0, 0.05) is 39.2 Å². The molecule has 0 aliphatic carbocycles. The van der Waals surface area contributed by atoms with E-state index in [1.54, 1.807) is 7.11 Å². The first-order valence-corrected chi connectivity index (χ1v) is 8.85. The fourth-order valence-electron chi connectivity index (χ4n) is 3.78. The van der Waals surface area contributed by atoms with Crippen molar-refractivity contribution in [2.24, 2.45) is 5.92 Å². The Hall–Kier alpha value is -1.67. The van der Waals surface area contributed by atoms with E-state index in [0.717, 1.165) is 70.8 Å². The Morgan fingerprint density at radius 1 is 1.33 bits per heavy atom. The highest BCUT2D eigenvalue weighted by atomic mass is 16.5. The monoisotopic (exact) mass is 336 g/mol. The number of nitrogens with zero attached hydrogens (tertiary/aromatic N) is 4. The van der Waals surface area contributed by atoms with E-state index in [1.165, 1.54) is 0 Å². The summed E-state index contributed by atoms with van der Waals surface area (Å²) in [5.74, 6) is 1.91. The summed E-state index contributed by atoms with van der Waals surface area (Å²) >= 11 is 0. The van der Waals surface area contributed by atoms with Crippen LogP contribution in [-0.4, -0.2) is 77.3 Å². The first-order valence-electron chi connectivity index (χ1n) is 8.85. The number of amides is 1. The maximum absolute atomic E-state index is 12.8. The second-order valence-electron chi connectivity index (χ2n) is 6.81. The summed E-state index contributed by atoms with van der Waals surface area (Å²) in [6, 6.07) is 0. The molecular formula is C16H28N6O2. The number of hydrogen-bond donors (Lipinski definition) is 2. The molecule has 2 saturated heterocycles. The number of ether oxygens (including phenoxy) is 1. The molecule has 1 aromatic heterocycles. The summed E-state index contributed by atoms with van der Waals surface area (Å²) < 4.78 is 5.15. The van der Waals surface area contributed by atoms with E-state index in [9.17, 15) is 4.79 Å². The fourth-order valence-corrected chi connectivity index (χ4v) is 3.78. The number of piperidine rings is 2. The van der Waals surface area contributed by atoms with Gasteiger partial charge >= 0.3 is 0 Å². The van der Waals surface area contributed by atoms with Crippen molar-refractivity contribution in [1.82, 2.24) is 25.0 Å². The number of likely N-dealkylation sites (tertiary alicyclic amines) is 2. The van der Waals surface area contributed by atoms with E-state index < -0.39 is 0 Å². The molecule has 0 radical (unpaired) electrons. The summed E-state index contributed by atoms with van der Waals surface area (Å²) in [5.41, 5.74) is 5.57. The van der Waals surface area contributed by atoms with Crippen molar-refractivity contribution in [3.05, 3.63) is 5.82 Å². The van der Waals surface area contributed by atoms with Crippen molar-refractivity contribution in [3.8, 4) is 0 Å². The predicted molar refractivity (Wildman–Crippen MR) is 90.4 cm³/mol. The lowest BCUT2D eigenvalue weighted by atomic mass is 9.92. The zero-order valence-electron chi connectivity index (χ0n) is 14.4. The molecule has 0 aromatic carbocycles. The Bertz CT molecular complexity index is 540. The van der Waals surface area contributed by atoms with Gasteiger partial charge in [-0.2, -0.15) is 4.98 Å². The van der Waals surface area contributed by atoms with Gasteiger partial charge in [0.15, 0.2) is 0 Å². The topological polar surface area (TPSA) is 100 Å². The molecule has 24 heavy (non-hydrogen) atoms. The van der Waals surface area contributed by atoms with E-state index in [2.05, 4.69) is 20.1 Å². The van der Waals surface area contributed by atoms with E-state index in [0.29, 0.717) is 17.8 Å². The Morgan fingerprint density at radius 2 is 2.12 bits per heavy atom. The van der Waals surface area contributed by atoms with Crippen LogP contribution in [-0.2, 0) is 9.53 Å². The molecule has 0 bridgehead atoms. The van der Waals surface area contributed by atoms with Crippen molar-refractivity contribution in [1.29, 1.82) is 0 Å². The highest BCUT2D eigenvalue weighted by molar-refractivity contribution is 5.79. The number of hydrogen-bond acceptors (Lipinski definition) is 6. The molecule has 1 amide bonds. The SMILES string of the molecule is COCCN1CCCC(C(=O)N2CCC(c3nc(N)n[nH]3)CC2)C1. The minimum absolute atomic E-state index is 0.132. The zero-order valence-corrected chi connectivity index (χ0v) is 14.4. The average molecular weight is 336 g/mol. The number of carbonyl (C=O) groups is 1. The summed E-state index contributed by atoms with van der Waals surface area (Å²) in [4.78, 5) is 21.4. The van der Waals surface area contributed by atoms with Gasteiger partial charge in [0.1, 0.15) is 5.82 Å². The zero-order chi connectivity index (χ0) is 16.9. The first kappa shape index (κ1) is 17.2. The number of nitrogens with two attached hydrogens (primary N) is 1. The number of aromatic amines is 1. The van der Waals surface area contributed by atoms with Crippen LogP contribution in [0.25, 0.3) is 0 Å². The van der Waals surface area contributed by atoms with Crippen LogP contribution < -0.4 is 5.73 Å². The molecular weight excluding hydrogens is 308 g/mol. The Balaban J connectivity index is 1.49. The smallest absolute Gasteiger partial charge is 0.239 e. The van der Waals surface area contributed by atoms with Crippen LogP contribution in [0.4, 0.5) is 5.95 Å². The molecule has 2 fully saturated rings. The van der Waals surface area contributed by atoms with Gasteiger partial charge in [0.05, 0.1) is 12.5 Å². The van der Waals surface area contributed by atoms with Gasteiger partial charge in [-0.15, -0.1) is 5.10 Å². The van der Waals surface area contributed by atoms with Gasteiger partial charge in [-0.25, -0.2) is 0 Å². The maximum Gasteiger partial charge on any atom is 0.239 e. The molecule has 8 nitrogen and oxygen atoms in total. The highest BCUT2D eigenvalue weighted by Crippen LogP contribution is 2.28. The third-order valence-corrected chi connectivity index (χ3v) is 5.18. The molecule has 3 N–H and O–H groups in total. The quantitative estimate of drug-likeness (QED) is 0.810. The largest absolute Gasteiger partial charge is 0.383 e. The Labute approximate surface area is 142 Å². The third-order valence-electron chi connectivity index (χ3n) is 5.18. The van der Waals surface area contributed by atoms with Crippen molar-refractivity contribution < 1.29 is 9.53 Å². The number of rotatable bonds is 5. The maximum atomic E-state index is 12.8. The summed E-state index contributed by atoms with van der Waals surface area (Å²) in [6.07, 6.45) is 3.93. The van der Waals surface area contributed by atoms with Crippen LogP contribution in [0.5, 0.6) is 0 Å². The minimum atomic E-state index is 0.132. The summed E-state index contributed by atoms with van der Waals surface area (Å²) in [5, 5.41) is 6.80. The van der Waals surface area contributed by atoms with Gasteiger partial charge in [-0.05, 0) is 32.2 Å². The first-order chi connectivity index (χ1) is 11.7. The fraction of sp³-hybridized carbons (Fsp3) is 0.812. The molecule has 134 valence electrons. The van der Waals surface area contributed by atoms with Gasteiger partial charge in [0.2, 0.25) is 11.9 Å². The number of aromatic nitrogens is 3. The number of carbonyl (C=O) groups excluding carboxylic acids is 1. The van der Waals surface area contributed by atoms with Crippen LogP contribution in [0.2, 0.25) is 0 Å². The molecule has 0 saturated carbocycles. The lowest BCUT2D eigenvalue weighted by molar-refractivity contribution is -0.138. The molecule has 1 unspecified atom stereocenters.